The Balaban J connectivity index is 1.98. The summed E-state index contributed by atoms with van der Waals surface area (Å²) in [6.45, 7) is 7.81. The number of nitrogens with one attached hydrogen (secondary N) is 1. The summed E-state index contributed by atoms with van der Waals surface area (Å²) in [7, 11) is 0. The van der Waals surface area contributed by atoms with E-state index in [0.717, 1.165) is 31.9 Å². The zero-order valence-corrected chi connectivity index (χ0v) is 12.2. The van der Waals surface area contributed by atoms with Gasteiger partial charge in [0.25, 0.3) is 0 Å². The van der Waals surface area contributed by atoms with Crippen LogP contribution in [0.3, 0.4) is 0 Å². The molecule has 2 rings (SSSR count). The van der Waals surface area contributed by atoms with Crippen LogP contribution in [-0.2, 0) is 22.5 Å². The number of hydrazine groups is 1. The maximum atomic E-state index is 11.2. The molecule has 1 amide bonds. The zero-order chi connectivity index (χ0) is 14.6. The normalized spacial score (nSPS) is 18.8. The molecule has 5 nitrogen and oxygen atoms in total. The van der Waals surface area contributed by atoms with Crippen LogP contribution < -0.4 is 11.3 Å². The summed E-state index contributed by atoms with van der Waals surface area (Å²) >= 11 is 0. The van der Waals surface area contributed by atoms with Gasteiger partial charge in [0, 0.05) is 18.6 Å². The molecule has 0 radical (unpaired) electrons. The van der Waals surface area contributed by atoms with E-state index < -0.39 is 0 Å². The van der Waals surface area contributed by atoms with Crippen molar-refractivity contribution in [1.82, 2.24) is 10.3 Å². The molecule has 3 N–H and O–H groups in total. The Hall–Kier alpha value is -1.43. The van der Waals surface area contributed by atoms with Crippen LogP contribution in [0.1, 0.15) is 25.0 Å². The van der Waals surface area contributed by atoms with E-state index in [1.807, 2.05) is 12.1 Å². The number of amides is 1. The largest absolute Gasteiger partial charge is 0.378 e. The summed E-state index contributed by atoms with van der Waals surface area (Å²) in [4.78, 5) is 13.6. The highest BCUT2D eigenvalue weighted by atomic mass is 16.5. The number of hydrogen-bond donors (Lipinski definition) is 2. The molecule has 1 heterocycles. The van der Waals surface area contributed by atoms with E-state index in [2.05, 4.69) is 36.3 Å². The average molecular weight is 277 g/mol. The number of carbonyl (C=O) groups is 1. The van der Waals surface area contributed by atoms with Crippen molar-refractivity contribution >= 4 is 5.91 Å². The summed E-state index contributed by atoms with van der Waals surface area (Å²) in [5.41, 5.74) is 4.43. The van der Waals surface area contributed by atoms with Crippen LogP contribution >= 0.6 is 0 Å². The highest BCUT2D eigenvalue weighted by molar-refractivity contribution is 5.77. The van der Waals surface area contributed by atoms with E-state index in [0.29, 0.717) is 6.42 Å². The Morgan fingerprint density at radius 1 is 1.35 bits per heavy atom. The fourth-order valence-corrected chi connectivity index (χ4v) is 2.40. The number of morpholine rings is 1. The molecule has 5 heteroatoms. The van der Waals surface area contributed by atoms with Gasteiger partial charge in [-0.05, 0) is 25.0 Å². The van der Waals surface area contributed by atoms with Crippen LogP contribution in [0.4, 0.5) is 0 Å². The van der Waals surface area contributed by atoms with Gasteiger partial charge in [0.1, 0.15) is 0 Å². The number of rotatable bonds is 4. The van der Waals surface area contributed by atoms with Crippen LogP contribution in [0.5, 0.6) is 0 Å². The second-order valence-corrected chi connectivity index (χ2v) is 5.85. The van der Waals surface area contributed by atoms with Gasteiger partial charge in [-0.25, -0.2) is 5.84 Å². The van der Waals surface area contributed by atoms with Crippen LogP contribution in [0.2, 0.25) is 0 Å². The fourth-order valence-electron chi connectivity index (χ4n) is 2.40. The van der Waals surface area contributed by atoms with Gasteiger partial charge in [0.15, 0.2) is 0 Å². The van der Waals surface area contributed by atoms with Crippen molar-refractivity contribution < 1.29 is 9.53 Å². The minimum atomic E-state index is -0.174. The number of nitrogens with two attached hydrogens (primary N) is 1. The highest BCUT2D eigenvalue weighted by Gasteiger charge is 2.30. The van der Waals surface area contributed by atoms with Crippen molar-refractivity contribution in [3.8, 4) is 0 Å². The molecule has 0 aliphatic carbocycles. The van der Waals surface area contributed by atoms with Gasteiger partial charge in [-0.3, -0.25) is 15.1 Å². The summed E-state index contributed by atoms with van der Waals surface area (Å²) in [5, 5.41) is 0. The average Bonchev–Trinajstić information content (AvgIpc) is 2.43. The van der Waals surface area contributed by atoms with E-state index in [4.69, 9.17) is 10.6 Å². The van der Waals surface area contributed by atoms with Gasteiger partial charge in [0.2, 0.25) is 5.91 Å². The maximum Gasteiger partial charge on any atom is 0.238 e. The Kier molecular flexibility index (Phi) is 4.75. The molecule has 1 aliphatic rings. The van der Waals surface area contributed by atoms with E-state index >= 15 is 0 Å². The first-order valence-corrected chi connectivity index (χ1v) is 6.91. The molecule has 0 unspecified atom stereocenters. The molecule has 1 aromatic carbocycles. The lowest BCUT2D eigenvalue weighted by molar-refractivity contribution is -0.120. The third-order valence-corrected chi connectivity index (χ3v) is 3.74. The SMILES string of the molecule is CC1(C)COCCN1Cc1ccc(CC(=O)NN)cc1. The quantitative estimate of drug-likeness (QED) is 0.486. The minimum Gasteiger partial charge on any atom is -0.378 e. The zero-order valence-electron chi connectivity index (χ0n) is 12.2. The molecular formula is C15H23N3O2. The highest BCUT2D eigenvalue weighted by Crippen LogP contribution is 2.21. The molecule has 20 heavy (non-hydrogen) atoms. The first-order chi connectivity index (χ1) is 9.51. The Morgan fingerprint density at radius 2 is 2.00 bits per heavy atom. The van der Waals surface area contributed by atoms with Crippen LogP contribution in [0.15, 0.2) is 24.3 Å². The smallest absolute Gasteiger partial charge is 0.238 e. The van der Waals surface area contributed by atoms with Gasteiger partial charge in [-0.1, -0.05) is 24.3 Å². The van der Waals surface area contributed by atoms with Crippen molar-refractivity contribution in [3.05, 3.63) is 35.4 Å². The molecule has 1 aromatic rings. The summed E-state index contributed by atoms with van der Waals surface area (Å²) < 4.78 is 5.53. The standard InChI is InChI=1S/C15H23N3O2/c1-15(2)11-20-8-7-18(15)10-13-5-3-12(4-6-13)9-14(19)17-16/h3-6H,7-11,16H2,1-2H3,(H,17,19). The number of nitrogens with zero attached hydrogens (tertiary/aromatic N) is 1. The third kappa shape index (κ3) is 3.79. The van der Waals surface area contributed by atoms with Crippen molar-refractivity contribution in [3.63, 3.8) is 0 Å². The minimum absolute atomic E-state index is 0.0658. The van der Waals surface area contributed by atoms with Crippen LogP contribution in [0, 0.1) is 0 Å². The van der Waals surface area contributed by atoms with Crippen molar-refractivity contribution in [2.24, 2.45) is 5.84 Å². The maximum absolute atomic E-state index is 11.2. The molecule has 0 atom stereocenters. The molecule has 1 saturated heterocycles. The number of hydrogen-bond acceptors (Lipinski definition) is 4. The summed E-state index contributed by atoms with van der Waals surface area (Å²) in [6, 6.07) is 8.12. The van der Waals surface area contributed by atoms with Crippen molar-refractivity contribution in [2.45, 2.75) is 32.4 Å². The molecule has 110 valence electrons. The molecule has 0 spiro atoms. The van der Waals surface area contributed by atoms with Crippen LogP contribution in [0.25, 0.3) is 0 Å². The predicted octanol–water partition coefficient (Wildman–Crippen LogP) is 0.830. The molecule has 0 saturated carbocycles. The summed E-state index contributed by atoms with van der Waals surface area (Å²) in [5.74, 6) is 4.91. The van der Waals surface area contributed by atoms with E-state index in [9.17, 15) is 4.79 Å². The van der Waals surface area contributed by atoms with Crippen molar-refractivity contribution in [1.29, 1.82) is 0 Å². The topological polar surface area (TPSA) is 67.6 Å². The number of carbonyl (C=O) groups excluding carboxylic acids is 1. The van der Waals surface area contributed by atoms with Gasteiger partial charge in [0.05, 0.1) is 19.6 Å². The van der Waals surface area contributed by atoms with Gasteiger partial charge >= 0.3 is 0 Å². The van der Waals surface area contributed by atoms with Gasteiger partial charge in [-0.2, -0.15) is 0 Å². The van der Waals surface area contributed by atoms with E-state index in [1.54, 1.807) is 0 Å². The third-order valence-electron chi connectivity index (χ3n) is 3.74. The first-order valence-electron chi connectivity index (χ1n) is 6.91. The lowest BCUT2D eigenvalue weighted by atomic mass is 10.0. The second-order valence-electron chi connectivity index (χ2n) is 5.85. The van der Waals surface area contributed by atoms with E-state index in [1.165, 1.54) is 5.56 Å². The molecule has 1 fully saturated rings. The van der Waals surface area contributed by atoms with Gasteiger partial charge < -0.3 is 4.74 Å². The first kappa shape index (κ1) is 15.0. The molecule has 0 bridgehead atoms. The molecular weight excluding hydrogens is 254 g/mol. The fraction of sp³-hybridized carbons (Fsp3) is 0.533. The Labute approximate surface area is 120 Å². The Bertz CT molecular complexity index is 457. The van der Waals surface area contributed by atoms with Gasteiger partial charge in [-0.15, -0.1) is 0 Å². The van der Waals surface area contributed by atoms with Crippen molar-refractivity contribution in [2.75, 3.05) is 19.8 Å². The number of ether oxygens (including phenoxy) is 1. The lowest BCUT2D eigenvalue weighted by Crippen LogP contribution is -2.52. The number of benzene rings is 1. The molecule has 0 aromatic heterocycles. The van der Waals surface area contributed by atoms with E-state index in [-0.39, 0.29) is 11.4 Å². The predicted molar refractivity (Wildman–Crippen MR) is 77.8 cm³/mol. The lowest BCUT2D eigenvalue weighted by Gasteiger charge is -2.42. The summed E-state index contributed by atoms with van der Waals surface area (Å²) in [6.07, 6.45) is 0.319. The molecule has 1 aliphatic heterocycles. The van der Waals surface area contributed by atoms with Crippen LogP contribution in [-0.4, -0.2) is 36.1 Å². The second kappa shape index (κ2) is 6.35. The Morgan fingerprint density at radius 3 is 2.60 bits per heavy atom. The monoisotopic (exact) mass is 277 g/mol.